The van der Waals surface area contributed by atoms with E-state index in [1.807, 2.05) is 6.92 Å². The van der Waals surface area contributed by atoms with E-state index in [4.69, 9.17) is 0 Å². The molecule has 1 heteroatoms. The van der Waals surface area contributed by atoms with Gasteiger partial charge in [0.1, 0.15) is 0 Å². The zero-order valence-corrected chi connectivity index (χ0v) is 6.89. The van der Waals surface area contributed by atoms with Crippen molar-refractivity contribution in [2.45, 2.75) is 20.8 Å². The summed E-state index contributed by atoms with van der Waals surface area (Å²) >= 11 is 0. The molecule has 0 aliphatic carbocycles. The molecule has 9 heavy (non-hydrogen) atoms. The Bertz CT molecular complexity index is 84.6. The normalized spacial score (nSPS) is 11.2. The molecule has 0 atom stereocenters. The quantitative estimate of drug-likeness (QED) is 0.561. The van der Waals surface area contributed by atoms with Gasteiger partial charge in [0.05, 0.1) is 0 Å². The summed E-state index contributed by atoms with van der Waals surface area (Å²) in [6, 6.07) is 0. The molecule has 0 fully saturated rings. The van der Waals surface area contributed by atoms with Gasteiger partial charge in [-0.05, 0) is 19.0 Å². The molecule has 0 radical (unpaired) electrons. The van der Waals surface area contributed by atoms with Gasteiger partial charge in [-0.15, -0.1) is 0 Å². The van der Waals surface area contributed by atoms with Crippen LogP contribution in [0.4, 0.5) is 0 Å². The minimum absolute atomic E-state index is 0.756. The molecule has 54 valence electrons. The van der Waals surface area contributed by atoms with Gasteiger partial charge in [-0.25, -0.2) is 0 Å². The van der Waals surface area contributed by atoms with E-state index >= 15 is 0 Å². The number of nitrogens with zero attached hydrogens (tertiary/aromatic N) is 1. The molecule has 0 saturated heterocycles. The number of hydrogen-bond donors (Lipinski definition) is 0. The van der Waals surface area contributed by atoms with Gasteiger partial charge in [-0.3, -0.25) is 0 Å². The van der Waals surface area contributed by atoms with Crippen LogP contribution in [0.5, 0.6) is 0 Å². The summed E-state index contributed by atoms with van der Waals surface area (Å²) in [5.74, 6) is 0.756. The van der Waals surface area contributed by atoms with Crippen molar-refractivity contribution in [1.82, 2.24) is 4.90 Å². The molecule has 0 aromatic carbocycles. The van der Waals surface area contributed by atoms with Gasteiger partial charge in [0, 0.05) is 13.6 Å². The first-order valence-corrected chi connectivity index (χ1v) is 3.50. The Balaban J connectivity index is 3.38. The Morgan fingerprint density at radius 2 is 2.00 bits per heavy atom. The van der Waals surface area contributed by atoms with Crippen molar-refractivity contribution < 1.29 is 0 Å². The lowest BCUT2D eigenvalue weighted by Gasteiger charge is -2.15. The fourth-order valence-corrected chi connectivity index (χ4v) is 0.891. The summed E-state index contributed by atoms with van der Waals surface area (Å²) in [6.45, 7) is 7.63. The van der Waals surface area contributed by atoms with Gasteiger partial charge in [0.25, 0.3) is 0 Å². The zero-order chi connectivity index (χ0) is 7.28. The molecule has 0 rings (SSSR count). The van der Waals surface area contributed by atoms with E-state index in [2.05, 4.69) is 38.1 Å². The molecular weight excluding hydrogens is 110 g/mol. The van der Waals surface area contributed by atoms with E-state index in [9.17, 15) is 0 Å². The highest BCUT2D eigenvalue weighted by atomic mass is 15.1. The van der Waals surface area contributed by atoms with Crippen molar-refractivity contribution in [3.8, 4) is 0 Å². The SMILES string of the molecule is C/C=C/N(C)CC(C)C. The topological polar surface area (TPSA) is 3.24 Å². The first-order valence-electron chi connectivity index (χ1n) is 3.50. The van der Waals surface area contributed by atoms with E-state index in [0.29, 0.717) is 0 Å². The smallest absolute Gasteiger partial charge is 0.0192 e. The van der Waals surface area contributed by atoms with Crippen molar-refractivity contribution in [3.63, 3.8) is 0 Å². The molecule has 0 heterocycles. The Hall–Kier alpha value is -0.460. The molecule has 0 aromatic heterocycles. The number of hydrogen-bond acceptors (Lipinski definition) is 1. The predicted octanol–water partition coefficient (Wildman–Crippen LogP) is 2.11. The molecule has 0 unspecified atom stereocenters. The summed E-state index contributed by atoms with van der Waals surface area (Å²) in [4.78, 5) is 2.20. The minimum Gasteiger partial charge on any atom is -0.380 e. The summed E-state index contributed by atoms with van der Waals surface area (Å²) in [5.41, 5.74) is 0. The highest BCUT2D eigenvalue weighted by molar-refractivity contribution is 4.76. The van der Waals surface area contributed by atoms with E-state index < -0.39 is 0 Å². The lowest BCUT2D eigenvalue weighted by Crippen LogP contribution is -2.16. The van der Waals surface area contributed by atoms with E-state index in [0.717, 1.165) is 12.5 Å². The molecular formula is C8H17N. The van der Waals surface area contributed by atoms with Crippen LogP contribution in [0.1, 0.15) is 20.8 Å². The Labute approximate surface area is 58.4 Å². The highest BCUT2D eigenvalue weighted by Crippen LogP contribution is 1.95. The van der Waals surface area contributed by atoms with Gasteiger partial charge in [-0.1, -0.05) is 19.9 Å². The van der Waals surface area contributed by atoms with Crippen LogP contribution in [0, 0.1) is 5.92 Å². The predicted molar refractivity (Wildman–Crippen MR) is 42.3 cm³/mol. The summed E-state index contributed by atoms with van der Waals surface area (Å²) in [7, 11) is 2.10. The lowest BCUT2D eigenvalue weighted by atomic mass is 10.2. The molecule has 0 N–H and O–H groups in total. The van der Waals surface area contributed by atoms with Crippen LogP contribution >= 0.6 is 0 Å². The second-order valence-corrected chi connectivity index (χ2v) is 2.82. The van der Waals surface area contributed by atoms with E-state index in [1.54, 1.807) is 0 Å². The molecule has 0 spiro atoms. The van der Waals surface area contributed by atoms with Crippen molar-refractivity contribution in [1.29, 1.82) is 0 Å². The molecule has 0 bridgehead atoms. The van der Waals surface area contributed by atoms with Gasteiger partial charge in [-0.2, -0.15) is 0 Å². The second-order valence-electron chi connectivity index (χ2n) is 2.82. The molecule has 1 nitrogen and oxygen atoms in total. The molecule has 0 amide bonds. The van der Waals surface area contributed by atoms with Crippen molar-refractivity contribution in [3.05, 3.63) is 12.3 Å². The van der Waals surface area contributed by atoms with Crippen LogP contribution in [0.25, 0.3) is 0 Å². The van der Waals surface area contributed by atoms with Crippen LogP contribution in [0.3, 0.4) is 0 Å². The largest absolute Gasteiger partial charge is 0.380 e. The summed E-state index contributed by atoms with van der Waals surface area (Å²) < 4.78 is 0. The fraction of sp³-hybridized carbons (Fsp3) is 0.750. The van der Waals surface area contributed by atoms with Crippen molar-refractivity contribution >= 4 is 0 Å². The molecule has 0 saturated carbocycles. The van der Waals surface area contributed by atoms with Crippen LogP contribution in [-0.2, 0) is 0 Å². The molecule has 0 aromatic rings. The summed E-state index contributed by atoms with van der Waals surface area (Å²) in [5, 5.41) is 0. The third-order valence-corrected chi connectivity index (χ3v) is 1.06. The maximum absolute atomic E-state index is 2.22. The number of rotatable bonds is 3. The third-order valence-electron chi connectivity index (χ3n) is 1.06. The fourth-order valence-electron chi connectivity index (χ4n) is 0.891. The monoisotopic (exact) mass is 127 g/mol. The lowest BCUT2D eigenvalue weighted by molar-refractivity contribution is 0.389. The van der Waals surface area contributed by atoms with Gasteiger partial charge in [0.2, 0.25) is 0 Å². The Kier molecular flexibility index (Phi) is 4.20. The average Bonchev–Trinajstić information content (AvgIpc) is 1.63. The zero-order valence-electron chi connectivity index (χ0n) is 6.89. The van der Waals surface area contributed by atoms with E-state index in [1.165, 1.54) is 0 Å². The highest BCUT2D eigenvalue weighted by Gasteiger charge is 1.93. The van der Waals surface area contributed by atoms with Crippen molar-refractivity contribution in [2.75, 3.05) is 13.6 Å². The Morgan fingerprint density at radius 1 is 1.44 bits per heavy atom. The minimum atomic E-state index is 0.756. The van der Waals surface area contributed by atoms with Crippen LogP contribution < -0.4 is 0 Å². The van der Waals surface area contributed by atoms with Gasteiger partial charge in [0.15, 0.2) is 0 Å². The van der Waals surface area contributed by atoms with Gasteiger partial charge >= 0.3 is 0 Å². The third kappa shape index (κ3) is 5.41. The van der Waals surface area contributed by atoms with Crippen molar-refractivity contribution in [2.24, 2.45) is 5.92 Å². The standard InChI is InChI=1S/C8H17N/c1-5-6-9(4)7-8(2)3/h5-6,8H,7H2,1-4H3/b6-5+. The van der Waals surface area contributed by atoms with E-state index in [-0.39, 0.29) is 0 Å². The maximum Gasteiger partial charge on any atom is 0.0192 e. The number of allylic oxidation sites excluding steroid dienone is 1. The first kappa shape index (κ1) is 8.54. The molecule has 0 aliphatic rings. The first-order chi connectivity index (χ1) is 4.16. The maximum atomic E-state index is 2.22. The van der Waals surface area contributed by atoms with Crippen LogP contribution in [-0.4, -0.2) is 18.5 Å². The second kappa shape index (κ2) is 4.42. The summed E-state index contributed by atoms with van der Waals surface area (Å²) in [6.07, 6.45) is 4.16. The Morgan fingerprint density at radius 3 is 2.33 bits per heavy atom. The molecule has 0 aliphatic heterocycles. The average molecular weight is 127 g/mol. The van der Waals surface area contributed by atoms with Gasteiger partial charge < -0.3 is 4.90 Å². The van der Waals surface area contributed by atoms with Crippen LogP contribution in [0.2, 0.25) is 0 Å². The van der Waals surface area contributed by atoms with Crippen LogP contribution in [0.15, 0.2) is 12.3 Å².